The third-order valence-corrected chi connectivity index (χ3v) is 68.1. The van der Waals surface area contributed by atoms with Gasteiger partial charge in [0, 0.05) is 6.20 Å². The Morgan fingerprint density at radius 2 is 1.29 bits per heavy atom. The average Bonchev–Trinajstić information content (AvgIpc) is 3.79. The molecule has 1 amide bonds. The van der Waals surface area contributed by atoms with Crippen LogP contribution in [0.15, 0.2) is 85.1 Å². The van der Waals surface area contributed by atoms with Gasteiger partial charge in [-0.3, -0.25) is 0 Å². The number of carbonyl (C=O) groups is 1. The van der Waals surface area contributed by atoms with Crippen molar-refractivity contribution in [1.82, 2.24) is 4.90 Å². The number of hydrogen-bond donors (Lipinski definition) is 1. The first-order chi connectivity index (χ1) is 16.7. The molecule has 10 saturated heterocycles. The van der Waals surface area contributed by atoms with Gasteiger partial charge < -0.3 is 5.11 Å². The standard InChI is InChI=1S/C17H14P.C6H5Cl2NO2.C5H5.Fe/c1-3-9-15(10-4-1)18(17-13-7-8-14-17)16-11-5-2-6-12-16;7-6(8)3-1-2-4-9(6)5(10)11;1-2-4-5-3-1;/h1-14H;1-4H,(H,10,11);1-5H;. The zero-order valence-corrected chi connectivity index (χ0v) is 22.1. The summed E-state index contributed by atoms with van der Waals surface area (Å²) in [5, 5.41) is 12.0. The molecule has 2 aromatic carbocycles. The number of carboxylic acid groups (broad SMARTS) is 1. The van der Waals surface area contributed by atoms with Gasteiger partial charge in [0.2, 0.25) is 4.46 Å². The number of fused-ring (bicyclic) bond motifs is 10. The summed E-state index contributed by atoms with van der Waals surface area (Å²) in [6, 6.07) is 23.7. The van der Waals surface area contributed by atoms with E-state index in [-0.39, 0.29) is 7.92 Å². The first-order valence-electron chi connectivity index (χ1n) is 12.5. The number of rotatable bonds is 3. The van der Waals surface area contributed by atoms with Crippen molar-refractivity contribution >= 4 is 47.8 Å². The quantitative estimate of drug-likeness (QED) is 0.181. The van der Waals surface area contributed by atoms with Gasteiger partial charge in [-0.1, -0.05) is 29.3 Å². The molecule has 11 heterocycles. The Hall–Kier alpha value is -1.28. The Balaban J connectivity index is 0.000000129. The molecule has 4 atom stereocenters. The summed E-state index contributed by atoms with van der Waals surface area (Å²) in [6.45, 7) is -3.05. The zero-order valence-electron chi connectivity index (χ0n) is 18.6. The molecule has 2 aromatic rings. The minimum absolute atomic E-state index is 0.0683. The minimum atomic E-state index is -3.05. The van der Waals surface area contributed by atoms with Crippen LogP contribution >= 0.6 is 31.1 Å². The first-order valence-corrected chi connectivity index (χ1v) is 20.9. The molecule has 35 heavy (non-hydrogen) atoms. The third-order valence-electron chi connectivity index (χ3n) is 18.1. The van der Waals surface area contributed by atoms with Gasteiger partial charge in [0.1, 0.15) is 0 Å². The van der Waals surface area contributed by atoms with Crippen LogP contribution in [0.4, 0.5) is 4.79 Å². The molecular formula is C28H24Cl2FeNO2P. The summed E-state index contributed by atoms with van der Waals surface area (Å²) in [5.41, 5.74) is 0. The Labute approximate surface area is 205 Å². The van der Waals surface area contributed by atoms with Crippen LogP contribution in [0, 0.1) is 0 Å². The molecule has 11 aliphatic rings. The molecule has 1 N–H and O–H groups in total. The molecule has 0 saturated carbocycles. The normalized spacial score (nSPS) is 66.6. The van der Waals surface area contributed by atoms with Crippen LogP contribution in [-0.2, 0) is 6.51 Å². The van der Waals surface area contributed by atoms with Gasteiger partial charge in [-0.25, -0.2) is 9.69 Å². The molecule has 0 bridgehead atoms. The van der Waals surface area contributed by atoms with Crippen molar-refractivity contribution in [3.8, 4) is 0 Å². The predicted octanol–water partition coefficient (Wildman–Crippen LogP) is 7.60. The Kier molecular flexibility index (Phi) is 1.36. The van der Waals surface area contributed by atoms with Gasteiger partial charge in [-0.15, -0.1) is 0 Å². The fraction of sp³-hybridized carbons (Fsp3) is 0.393. The molecule has 4 unspecified atom stereocenters. The summed E-state index contributed by atoms with van der Waals surface area (Å²) < 4.78 is -0.488. The fourth-order valence-electron chi connectivity index (χ4n) is 19.0. The second kappa shape index (κ2) is 2.64. The van der Waals surface area contributed by atoms with Gasteiger partial charge in [-0.05, 0) is 12.2 Å². The first kappa shape index (κ1) is 18.1. The van der Waals surface area contributed by atoms with Crippen molar-refractivity contribution in [1.29, 1.82) is 0 Å². The van der Waals surface area contributed by atoms with E-state index in [1.807, 2.05) is 0 Å². The SMILES string of the molecule is O=C(O)N1C=CC=CC1(Cl)Cl.c1ccc(P(c2ccccc2)[C]23[CH]4[CH]5[CH]6[CH]2[Fe]56432789[CH]3[CH]2[CH]7[CH]8[CH]39)cc1. The van der Waals surface area contributed by atoms with Crippen molar-refractivity contribution in [2.24, 2.45) is 0 Å². The molecule has 0 aliphatic carbocycles. The maximum atomic E-state index is 10.4. The number of halogens is 2. The number of amides is 1. The van der Waals surface area contributed by atoms with Crippen LogP contribution in [0.1, 0.15) is 0 Å². The van der Waals surface area contributed by atoms with Crippen LogP contribution in [0.25, 0.3) is 0 Å². The van der Waals surface area contributed by atoms with Crippen LogP contribution < -0.4 is 10.6 Å². The van der Waals surface area contributed by atoms with Gasteiger partial charge in [0.05, 0.1) is 0 Å². The Morgan fingerprint density at radius 1 is 0.800 bits per heavy atom. The second-order valence-electron chi connectivity index (χ2n) is 14.6. The van der Waals surface area contributed by atoms with Gasteiger partial charge in [-0.2, -0.15) is 0 Å². The predicted molar refractivity (Wildman–Crippen MR) is 138 cm³/mol. The van der Waals surface area contributed by atoms with Crippen LogP contribution in [0.2, 0.25) is 43.3 Å². The molecule has 7 heteroatoms. The third kappa shape index (κ3) is 0.458. The Bertz CT molecular complexity index is 1750. The summed E-state index contributed by atoms with van der Waals surface area (Å²) >= 11 is 11.2. The van der Waals surface area contributed by atoms with Crippen LogP contribution in [0.5, 0.6) is 0 Å². The maximum absolute atomic E-state index is 10.4. The van der Waals surface area contributed by atoms with Crippen LogP contribution in [-0.4, -0.2) is 24.6 Å². The van der Waals surface area contributed by atoms with Crippen molar-refractivity contribution in [2.45, 2.75) is 51.9 Å². The fourth-order valence-corrected chi connectivity index (χ4v) is 108. The number of alkyl halides is 2. The summed E-state index contributed by atoms with van der Waals surface area (Å²) in [7, 11) is -0.0683. The van der Waals surface area contributed by atoms with Crippen molar-refractivity contribution in [3.05, 3.63) is 85.1 Å². The monoisotopic (exact) mass is 563 g/mol. The van der Waals surface area contributed by atoms with E-state index in [2.05, 4.69) is 60.7 Å². The average molecular weight is 564 g/mol. The van der Waals surface area contributed by atoms with E-state index in [0.717, 1.165) is 8.95 Å². The summed E-state index contributed by atoms with van der Waals surface area (Å²) in [5.74, 6) is 0. The van der Waals surface area contributed by atoms with Crippen molar-refractivity contribution < 1.29 is 16.4 Å². The second-order valence-corrected chi connectivity index (χ2v) is 42.3. The van der Waals surface area contributed by atoms with E-state index in [0.29, 0.717) is 0 Å². The zero-order chi connectivity index (χ0) is 23.3. The molecule has 11 aliphatic heterocycles. The molecule has 1 spiro atoms. The van der Waals surface area contributed by atoms with Crippen molar-refractivity contribution in [2.75, 3.05) is 0 Å². The molecule has 0 radical (unpaired) electrons. The van der Waals surface area contributed by atoms with Gasteiger partial charge >= 0.3 is 139 Å². The van der Waals surface area contributed by atoms with Crippen molar-refractivity contribution in [3.63, 3.8) is 0 Å². The Morgan fingerprint density at radius 3 is 1.60 bits per heavy atom. The molecule has 10 fully saturated rings. The molecule has 0 aromatic heterocycles. The van der Waals surface area contributed by atoms with E-state index in [9.17, 15) is 4.79 Å². The van der Waals surface area contributed by atoms with Gasteiger partial charge in [0.25, 0.3) is 0 Å². The molecule has 13 rings (SSSR count). The van der Waals surface area contributed by atoms with E-state index < -0.39 is 17.1 Å². The molecule has 3 nitrogen and oxygen atoms in total. The topological polar surface area (TPSA) is 40.5 Å². The van der Waals surface area contributed by atoms with E-state index >= 15 is 0 Å². The number of benzene rings is 2. The molecular weight excluding hydrogens is 540 g/mol. The van der Waals surface area contributed by atoms with E-state index in [1.54, 1.807) is 16.7 Å². The van der Waals surface area contributed by atoms with E-state index in [1.165, 1.54) is 61.7 Å². The summed E-state index contributed by atoms with van der Waals surface area (Å²) in [6.07, 6.45) is 4.61. The number of allylic oxidation sites excluding steroid dienone is 2. The number of hydrogen-bond acceptors (Lipinski definition) is 1. The van der Waals surface area contributed by atoms with Crippen LogP contribution in [0.3, 0.4) is 0 Å². The van der Waals surface area contributed by atoms with Gasteiger partial charge in [0.15, 0.2) is 0 Å². The number of nitrogens with zero attached hydrogens (tertiary/aromatic N) is 1. The summed E-state index contributed by atoms with van der Waals surface area (Å²) in [4.78, 5) is 24.1. The van der Waals surface area contributed by atoms with E-state index in [4.69, 9.17) is 28.3 Å². The molecule has 180 valence electrons.